The van der Waals surface area contributed by atoms with Crippen molar-refractivity contribution in [2.45, 2.75) is 6.61 Å². The van der Waals surface area contributed by atoms with E-state index in [2.05, 4.69) is 9.32 Å². The van der Waals surface area contributed by atoms with Crippen LogP contribution in [0.5, 0.6) is 0 Å². The second kappa shape index (κ2) is 6.26. The summed E-state index contributed by atoms with van der Waals surface area (Å²) in [6.45, 7) is -0.0142. The van der Waals surface area contributed by atoms with Gasteiger partial charge < -0.3 is 1.43 Å². The summed E-state index contributed by atoms with van der Waals surface area (Å²) in [7, 11) is -3.82. The van der Waals surface area contributed by atoms with Crippen LogP contribution in [0.25, 0.3) is 0 Å². The zero-order valence-electron chi connectivity index (χ0n) is 8.30. The van der Waals surface area contributed by atoms with Gasteiger partial charge in [0.05, 0.1) is 6.61 Å². The zero-order chi connectivity index (χ0) is 9.03. The molecule has 0 fully saturated rings. The molecule has 1 rings (SSSR count). The Bertz CT molecular complexity index is 343. The molecule has 1 aromatic rings. The summed E-state index contributed by atoms with van der Waals surface area (Å²) < 4.78 is 25.1. The third kappa shape index (κ3) is 6.75. The Morgan fingerprint density at radius 1 is 1.31 bits per heavy atom. The average molecular weight is 227 g/mol. The van der Waals surface area contributed by atoms with E-state index in [-0.39, 0.29) is 59.4 Å². The van der Waals surface area contributed by atoms with E-state index in [9.17, 15) is 8.42 Å². The maximum absolute atomic E-state index is 10.4. The summed E-state index contributed by atoms with van der Waals surface area (Å²) in [4.78, 5) is 0. The minimum Gasteiger partial charge on any atom is -1.00 e. The molecule has 0 unspecified atom stereocenters. The van der Waals surface area contributed by atoms with Crippen molar-refractivity contribution >= 4 is 10.3 Å². The first-order valence-corrected chi connectivity index (χ1v) is 4.76. The van der Waals surface area contributed by atoms with E-state index < -0.39 is 10.3 Å². The van der Waals surface area contributed by atoms with E-state index >= 15 is 0 Å². The maximum Gasteiger partial charge on any atom is 1.00 e. The van der Waals surface area contributed by atoms with Gasteiger partial charge in [-0.2, -0.15) is 8.42 Å². The van der Waals surface area contributed by atoms with Gasteiger partial charge in [-0.1, -0.05) is 30.3 Å². The molecule has 0 heterocycles. The molecule has 0 saturated carbocycles. The molecule has 68 valence electrons. The third-order valence-electron chi connectivity index (χ3n) is 1.23. The van der Waals surface area contributed by atoms with Crippen LogP contribution >= 0.6 is 0 Å². The fourth-order valence-corrected chi connectivity index (χ4v) is 1.02. The van der Waals surface area contributed by atoms with Crippen LogP contribution in [0.15, 0.2) is 30.3 Å². The van der Waals surface area contributed by atoms with Crippen molar-refractivity contribution in [3.63, 3.8) is 0 Å². The normalized spacial score (nSPS) is 10.5. The van der Waals surface area contributed by atoms with E-state index in [4.69, 9.17) is 0 Å². The summed E-state index contributed by atoms with van der Waals surface area (Å²) in [5.41, 5.74) is 0.770. The van der Waals surface area contributed by atoms with Crippen LogP contribution in [0.1, 0.15) is 6.99 Å². The SMILES string of the molecule is NS(=O)(=O)OCc1ccccc1.[H-].[K+]. The molecule has 0 aliphatic carbocycles. The molecule has 4 nitrogen and oxygen atoms in total. The quantitative estimate of drug-likeness (QED) is 0.582. The predicted molar refractivity (Wildman–Crippen MR) is 45.5 cm³/mol. The molecule has 0 aliphatic heterocycles. The summed E-state index contributed by atoms with van der Waals surface area (Å²) in [6, 6.07) is 8.93. The minimum absolute atomic E-state index is 0. The van der Waals surface area contributed by atoms with E-state index in [1.807, 2.05) is 6.07 Å². The first kappa shape index (κ1) is 13.7. The second-order valence-electron chi connectivity index (χ2n) is 2.24. The van der Waals surface area contributed by atoms with Gasteiger partial charge in [0.15, 0.2) is 0 Å². The summed E-state index contributed by atoms with van der Waals surface area (Å²) in [6.07, 6.45) is 0. The molecule has 0 aromatic heterocycles. The summed E-state index contributed by atoms with van der Waals surface area (Å²) >= 11 is 0. The van der Waals surface area contributed by atoms with Crippen LogP contribution in [0.3, 0.4) is 0 Å². The molecule has 0 saturated heterocycles. The molecule has 0 spiro atoms. The standard InChI is InChI=1S/C7H9NO3S.K.H/c8-12(9,10)11-6-7-4-2-1-3-5-7;;/h1-5H,6H2,(H2,8,9,10);;/q;+1;-1. The summed E-state index contributed by atoms with van der Waals surface area (Å²) in [5, 5.41) is 4.63. The Balaban J connectivity index is 0. The fraction of sp³-hybridized carbons (Fsp3) is 0.143. The average Bonchev–Trinajstić information content (AvgIpc) is 2.02. The zero-order valence-corrected chi connectivity index (χ0v) is 11.2. The molecule has 0 aliphatic rings. The number of nitrogens with two attached hydrogens (primary N) is 1. The van der Waals surface area contributed by atoms with E-state index in [0.29, 0.717) is 0 Å². The molecular weight excluding hydrogens is 217 g/mol. The molecular formula is C7H10KNO3S. The Kier molecular flexibility index (Phi) is 6.60. The van der Waals surface area contributed by atoms with Crippen LogP contribution in [0, 0.1) is 0 Å². The molecule has 0 radical (unpaired) electrons. The molecule has 0 bridgehead atoms. The number of hydrogen-bond donors (Lipinski definition) is 1. The Hall–Kier alpha value is 0.726. The van der Waals surface area contributed by atoms with Crippen molar-refractivity contribution in [2.75, 3.05) is 0 Å². The monoisotopic (exact) mass is 227 g/mol. The topological polar surface area (TPSA) is 69.4 Å². The van der Waals surface area contributed by atoms with Crippen LogP contribution in [0.4, 0.5) is 0 Å². The largest absolute Gasteiger partial charge is 1.00 e. The smallest absolute Gasteiger partial charge is 1.00 e. The first-order valence-electron chi connectivity index (χ1n) is 3.29. The Morgan fingerprint density at radius 2 is 1.85 bits per heavy atom. The molecule has 0 atom stereocenters. The van der Waals surface area contributed by atoms with Crippen molar-refractivity contribution < 1.29 is 65.4 Å². The summed E-state index contributed by atoms with van der Waals surface area (Å²) in [5.74, 6) is 0. The van der Waals surface area contributed by atoms with E-state index in [1.165, 1.54) is 0 Å². The van der Waals surface area contributed by atoms with Crippen LogP contribution in [-0.4, -0.2) is 8.42 Å². The third-order valence-corrected chi connectivity index (χ3v) is 1.68. The van der Waals surface area contributed by atoms with Crippen molar-refractivity contribution in [1.29, 1.82) is 0 Å². The van der Waals surface area contributed by atoms with Gasteiger partial charge in [0.25, 0.3) is 0 Å². The molecule has 13 heavy (non-hydrogen) atoms. The van der Waals surface area contributed by atoms with Gasteiger partial charge in [-0.15, -0.1) is 0 Å². The molecule has 2 N–H and O–H groups in total. The van der Waals surface area contributed by atoms with Gasteiger partial charge in [-0.25, -0.2) is 5.14 Å². The Labute approximate surface area is 122 Å². The second-order valence-corrected chi connectivity index (χ2v) is 3.46. The van der Waals surface area contributed by atoms with Gasteiger partial charge in [0.2, 0.25) is 0 Å². The van der Waals surface area contributed by atoms with Gasteiger partial charge in [0.1, 0.15) is 0 Å². The van der Waals surface area contributed by atoms with Gasteiger partial charge in [0, 0.05) is 0 Å². The number of rotatable bonds is 3. The van der Waals surface area contributed by atoms with Crippen molar-refractivity contribution in [3.8, 4) is 0 Å². The van der Waals surface area contributed by atoms with Gasteiger partial charge in [-0.3, -0.25) is 4.18 Å². The molecule has 0 amide bonds. The molecule has 6 heteroatoms. The van der Waals surface area contributed by atoms with Crippen LogP contribution in [-0.2, 0) is 21.1 Å². The van der Waals surface area contributed by atoms with Gasteiger partial charge in [-0.05, 0) is 5.56 Å². The minimum atomic E-state index is -3.82. The van der Waals surface area contributed by atoms with E-state index in [0.717, 1.165) is 5.56 Å². The molecule has 1 aromatic carbocycles. The Morgan fingerprint density at radius 3 is 2.31 bits per heavy atom. The van der Waals surface area contributed by atoms with Crippen molar-refractivity contribution in [3.05, 3.63) is 35.9 Å². The number of hydrogen-bond acceptors (Lipinski definition) is 3. The van der Waals surface area contributed by atoms with Crippen LogP contribution in [0.2, 0.25) is 0 Å². The van der Waals surface area contributed by atoms with E-state index in [1.54, 1.807) is 24.3 Å². The van der Waals surface area contributed by atoms with Crippen molar-refractivity contribution in [1.82, 2.24) is 0 Å². The maximum atomic E-state index is 10.4. The number of benzene rings is 1. The van der Waals surface area contributed by atoms with Crippen LogP contribution < -0.4 is 56.5 Å². The van der Waals surface area contributed by atoms with Gasteiger partial charge >= 0.3 is 61.7 Å². The first-order chi connectivity index (χ1) is 5.58. The van der Waals surface area contributed by atoms with Crippen molar-refractivity contribution in [2.24, 2.45) is 5.14 Å². The fourth-order valence-electron chi connectivity index (χ4n) is 0.724. The predicted octanol–water partition coefficient (Wildman–Crippen LogP) is -2.48.